The van der Waals surface area contributed by atoms with Crippen molar-refractivity contribution in [3.8, 4) is 11.4 Å². The average Bonchev–Trinajstić information content (AvgIpc) is 3.02. The number of carbonyl (C=O) groups is 1. The van der Waals surface area contributed by atoms with Gasteiger partial charge in [0, 0.05) is 5.56 Å². The second kappa shape index (κ2) is 6.62. The van der Waals surface area contributed by atoms with Crippen LogP contribution in [-0.4, -0.2) is 16.1 Å². The van der Waals surface area contributed by atoms with E-state index >= 15 is 0 Å². The van der Waals surface area contributed by atoms with Crippen LogP contribution < -0.4 is 0 Å². The van der Waals surface area contributed by atoms with Crippen LogP contribution in [0.1, 0.15) is 21.8 Å². The van der Waals surface area contributed by atoms with E-state index in [0.717, 1.165) is 5.56 Å². The number of ether oxygens (including phenoxy) is 1. The summed E-state index contributed by atoms with van der Waals surface area (Å²) in [6, 6.07) is 14.4. The highest BCUT2D eigenvalue weighted by atomic mass is 35.5. The molecule has 0 amide bonds. The van der Waals surface area contributed by atoms with Gasteiger partial charge in [-0.1, -0.05) is 47.1 Å². The van der Waals surface area contributed by atoms with Crippen molar-refractivity contribution in [3.63, 3.8) is 0 Å². The molecule has 0 radical (unpaired) electrons. The van der Waals surface area contributed by atoms with E-state index < -0.39 is 5.97 Å². The molecule has 0 aliphatic carbocycles. The SMILES string of the molecule is Cc1ccccc1C(=O)OCc1nc(-c2ccccc2Cl)no1. The van der Waals surface area contributed by atoms with Gasteiger partial charge in [-0.05, 0) is 30.7 Å². The molecular formula is C17H13ClN2O3. The van der Waals surface area contributed by atoms with Gasteiger partial charge in [-0.2, -0.15) is 4.98 Å². The number of hydrogen-bond acceptors (Lipinski definition) is 5. The maximum Gasteiger partial charge on any atom is 0.338 e. The highest BCUT2D eigenvalue weighted by Crippen LogP contribution is 2.25. The minimum absolute atomic E-state index is 0.0926. The number of benzene rings is 2. The zero-order chi connectivity index (χ0) is 16.2. The molecule has 2 aromatic carbocycles. The van der Waals surface area contributed by atoms with Crippen LogP contribution in [0.5, 0.6) is 0 Å². The molecule has 3 aromatic rings. The van der Waals surface area contributed by atoms with Gasteiger partial charge in [-0.15, -0.1) is 0 Å². The molecule has 116 valence electrons. The van der Waals surface area contributed by atoms with E-state index in [1.807, 2.05) is 31.2 Å². The summed E-state index contributed by atoms with van der Waals surface area (Å²) in [5.41, 5.74) is 2.02. The summed E-state index contributed by atoms with van der Waals surface area (Å²) in [7, 11) is 0. The smallest absolute Gasteiger partial charge is 0.338 e. The van der Waals surface area contributed by atoms with Crippen molar-refractivity contribution in [2.75, 3.05) is 0 Å². The van der Waals surface area contributed by atoms with E-state index in [0.29, 0.717) is 22.0 Å². The third-order valence-electron chi connectivity index (χ3n) is 3.27. The Morgan fingerprint density at radius 3 is 2.70 bits per heavy atom. The van der Waals surface area contributed by atoms with Gasteiger partial charge in [-0.25, -0.2) is 4.79 Å². The normalized spacial score (nSPS) is 10.5. The molecule has 0 unspecified atom stereocenters. The molecule has 0 spiro atoms. The second-order valence-electron chi connectivity index (χ2n) is 4.88. The average molecular weight is 329 g/mol. The van der Waals surface area contributed by atoms with E-state index in [9.17, 15) is 4.79 Å². The summed E-state index contributed by atoms with van der Waals surface area (Å²) in [6.07, 6.45) is 0. The summed E-state index contributed by atoms with van der Waals surface area (Å²) in [6.45, 7) is 1.75. The standard InChI is InChI=1S/C17H13ClN2O3/c1-11-6-2-3-7-12(11)17(21)22-10-15-19-16(20-23-15)13-8-4-5-9-14(13)18/h2-9H,10H2,1H3. The maximum atomic E-state index is 12.0. The molecule has 0 aliphatic rings. The molecule has 0 aliphatic heterocycles. The van der Waals surface area contributed by atoms with Crippen molar-refractivity contribution in [2.45, 2.75) is 13.5 Å². The van der Waals surface area contributed by atoms with Crippen molar-refractivity contribution in [3.05, 3.63) is 70.6 Å². The number of esters is 1. The predicted octanol–water partition coefficient (Wildman–Crippen LogP) is 4.06. The van der Waals surface area contributed by atoms with Gasteiger partial charge >= 0.3 is 5.97 Å². The molecule has 23 heavy (non-hydrogen) atoms. The molecule has 3 rings (SSSR count). The van der Waals surface area contributed by atoms with E-state index in [-0.39, 0.29) is 12.5 Å². The summed E-state index contributed by atoms with van der Waals surface area (Å²) < 4.78 is 10.3. The van der Waals surface area contributed by atoms with Crippen molar-refractivity contribution in [2.24, 2.45) is 0 Å². The van der Waals surface area contributed by atoms with E-state index in [1.54, 1.807) is 24.3 Å². The lowest BCUT2D eigenvalue weighted by atomic mass is 10.1. The number of rotatable bonds is 4. The van der Waals surface area contributed by atoms with Crippen LogP contribution >= 0.6 is 11.6 Å². The Morgan fingerprint density at radius 2 is 1.91 bits per heavy atom. The van der Waals surface area contributed by atoms with Crippen LogP contribution in [0.3, 0.4) is 0 Å². The first-order chi connectivity index (χ1) is 11.1. The zero-order valence-corrected chi connectivity index (χ0v) is 13.1. The van der Waals surface area contributed by atoms with Crippen molar-refractivity contribution in [1.82, 2.24) is 10.1 Å². The van der Waals surface area contributed by atoms with Gasteiger partial charge in [0.15, 0.2) is 6.61 Å². The molecule has 0 atom stereocenters. The Balaban J connectivity index is 1.70. The molecule has 0 saturated carbocycles. The fourth-order valence-electron chi connectivity index (χ4n) is 2.07. The Kier molecular flexibility index (Phi) is 4.39. The molecule has 1 aromatic heterocycles. The largest absolute Gasteiger partial charge is 0.452 e. The fraction of sp³-hybridized carbons (Fsp3) is 0.118. The summed E-state index contributed by atoms with van der Waals surface area (Å²) in [4.78, 5) is 16.2. The van der Waals surface area contributed by atoms with Gasteiger partial charge in [0.2, 0.25) is 5.82 Å². The van der Waals surface area contributed by atoms with E-state index in [4.69, 9.17) is 20.9 Å². The summed E-state index contributed by atoms with van der Waals surface area (Å²) in [5.74, 6) is 0.139. The summed E-state index contributed by atoms with van der Waals surface area (Å²) >= 11 is 6.09. The third-order valence-corrected chi connectivity index (χ3v) is 3.60. The van der Waals surface area contributed by atoms with Gasteiger partial charge < -0.3 is 9.26 Å². The van der Waals surface area contributed by atoms with Gasteiger partial charge in [-0.3, -0.25) is 0 Å². The lowest BCUT2D eigenvalue weighted by Crippen LogP contribution is -2.07. The number of aryl methyl sites for hydroxylation is 1. The molecule has 0 saturated heterocycles. The van der Waals surface area contributed by atoms with Crippen molar-refractivity contribution >= 4 is 17.6 Å². The first-order valence-corrected chi connectivity index (χ1v) is 7.33. The summed E-state index contributed by atoms with van der Waals surface area (Å²) in [5, 5.41) is 4.38. The first kappa shape index (κ1) is 15.2. The highest BCUT2D eigenvalue weighted by molar-refractivity contribution is 6.33. The van der Waals surface area contributed by atoms with E-state index in [1.165, 1.54) is 0 Å². The number of hydrogen-bond donors (Lipinski definition) is 0. The Labute approximate surface area is 137 Å². The first-order valence-electron chi connectivity index (χ1n) is 6.95. The lowest BCUT2D eigenvalue weighted by Gasteiger charge is -2.04. The van der Waals surface area contributed by atoms with Crippen LogP contribution in [0.25, 0.3) is 11.4 Å². The third kappa shape index (κ3) is 3.40. The van der Waals surface area contributed by atoms with Crippen LogP contribution in [-0.2, 0) is 11.3 Å². The molecule has 0 bridgehead atoms. The minimum Gasteiger partial charge on any atom is -0.452 e. The number of halogens is 1. The Morgan fingerprint density at radius 1 is 1.17 bits per heavy atom. The molecule has 1 heterocycles. The van der Waals surface area contributed by atoms with Crippen molar-refractivity contribution < 1.29 is 14.1 Å². The van der Waals surface area contributed by atoms with E-state index in [2.05, 4.69) is 10.1 Å². The number of nitrogens with zero attached hydrogens (tertiary/aromatic N) is 2. The monoisotopic (exact) mass is 328 g/mol. The fourth-order valence-corrected chi connectivity index (χ4v) is 2.29. The lowest BCUT2D eigenvalue weighted by molar-refractivity contribution is 0.0429. The predicted molar refractivity (Wildman–Crippen MR) is 85.0 cm³/mol. The van der Waals surface area contributed by atoms with Crippen LogP contribution in [0.15, 0.2) is 53.1 Å². The van der Waals surface area contributed by atoms with Gasteiger partial charge in [0.25, 0.3) is 5.89 Å². The van der Waals surface area contributed by atoms with Crippen molar-refractivity contribution in [1.29, 1.82) is 0 Å². The Bertz CT molecular complexity index is 845. The zero-order valence-electron chi connectivity index (χ0n) is 12.3. The molecule has 0 N–H and O–H groups in total. The number of carbonyl (C=O) groups excluding carboxylic acids is 1. The maximum absolute atomic E-state index is 12.0. The molecule has 5 nitrogen and oxygen atoms in total. The quantitative estimate of drug-likeness (QED) is 0.676. The van der Waals surface area contributed by atoms with Crippen LogP contribution in [0.4, 0.5) is 0 Å². The van der Waals surface area contributed by atoms with Crippen LogP contribution in [0.2, 0.25) is 5.02 Å². The van der Waals surface area contributed by atoms with Gasteiger partial charge in [0.1, 0.15) is 0 Å². The minimum atomic E-state index is -0.430. The molecule has 6 heteroatoms. The topological polar surface area (TPSA) is 65.2 Å². The Hall–Kier alpha value is -2.66. The van der Waals surface area contributed by atoms with Gasteiger partial charge in [0.05, 0.1) is 10.6 Å². The molecule has 0 fully saturated rings. The number of aromatic nitrogens is 2. The van der Waals surface area contributed by atoms with Crippen LogP contribution in [0, 0.1) is 6.92 Å². The highest BCUT2D eigenvalue weighted by Gasteiger charge is 2.14. The second-order valence-corrected chi connectivity index (χ2v) is 5.29. The molecular weight excluding hydrogens is 316 g/mol.